The molecule has 4 atom stereocenters. The van der Waals surface area contributed by atoms with Crippen LogP contribution >= 0.6 is 11.3 Å². The second kappa shape index (κ2) is 13.7. The minimum atomic E-state index is -0.986. The van der Waals surface area contributed by atoms with E-state index in [0.29, 0.717) is 32.4 Å². The number of anilines is 1. The van der Waals surface area contributed by atoms with E-state index in [1.54, 1.807) is 28.4 Å². The van der Waals surface area contributed by atoms with E-state index in [9.17, 15) is 24.3 Å². The lowest BCUT2D eigenvalue weighted by molar-refractivity contribution is -0.132. The quantitative estimate of drug-likeness (QED) is 0.133. The van der Waals surface area contributed by atoms with Gasteiger partial charge in [0.2, 0.25) is 23.6 Å². The number of nitrogens with zero attached hydrogens (tertiary/aromatic N) is 1. The Kier molecular flexibility index (Phi) is 9.08. The summed E-state index contributed by atoms with van der Waals surface area (Å²) in [4.78, 5) is 56.7. The van der Waals surface area contributed by atoms with Crippen molar-refractivity contribution in [2.45, 2.75) is 56.3 Å². The van der Waals surface area contributed by atoms with Crippen LogP contribution in [0.1, 0.15) is 28.7 Å². The third-order valence-electron chi connectivity index (χ3n) is 9.20. The lowest BCUT2D eigenvalue weighted by Crippen LogP contribution is -2.58. The van der Waals surface area contributed by atoms with Crippen molar-refractivity contribution in [1.29, 1.82) is 0 Å². The zero-order valence-corrected chi connectivity index (χ0v) is 26.9. The van der Waals surface area contributed by atoms with Crippen LogP contribution in [-0.2, 0) is 44.9 Å². The molecule has 48 heavy (non-hydrogen) atoms. The van der Waals surface area contributed by atoms with Gasteiger partial charge in [0.05, 0.1) is 18.2 Å². The predicted octanol–water partition coefficient (Wildman–Crippen LogP) is 1.36. The molecule has 7 N–H and O–H groups in total. The van der Waals surface area contributed by atoms with Crippen LogP contribution in [0.15, 0.2) is 72.1 Å². The number of benzene rings is 3. The lowest BCUT2D eigenvalue weighted by Gasteiger charge is -2.29. The van der Waals surface area contributed by atoms with Gasteiger partial charge in [0, 0.05) is 30.6 Å². The molecule has 7 rings (SSSR count). The summed E-state index contributed by atoms with van der Waals surface area (Å²) in [5.74, 6) is -1.34. The molecule has 0 saturated carbocycles. The second-order valence-corrected chi connectivity index (χ2v) is 13.4. The molecule has 0 bridgehead atoms. The first-order valence-corrected chi connectivity index (χ1v) is 17.0. The van der Waals surface area contributed by atoms with Crippen LogP contribution in [0.2, 0.25) is 0 Å². The first-order chi connectivity index (χ1) is 23.3. The first-order valence-electron chi connectivity index (χ1n) is 16.1. The highest BCUT2D eigenvalue weighted by Crippen LogP contribution is 2.39. The number of fused-ring (bicyclic) bond motifs is 1. The zero-order valence-electron chi connectivity index (χ0n) is 26.1. The Labute approximate surface area is 281 Å². The zero-order chi connectivity index (χ0) is 33.2. The van der Waals surface area contributed by atoms with Gasteiger partial charge in [-0.1, -0.05) is 48.5 Å². The Morgan fingerprint density at radius 1 is 1.02 bits per heavy atom. The van der Waals surface area contributed by atoms with Crippen molar-refractivity contribution in [3.63, 3.8) is 0 Å². The highest BCUT2D eigenvalue weighted by molar-refractivity contribution is 7.17. The van der Waals surface area contributed by atoms with Crippen molar-refractivity contribution in [2.75, 3.05) is 18.0 Å². The molecule has 0 aliphatic carbocycles. The maximum absolute atomic E-state index is 14.2. The minimum absolute atomic E-state index is 0.000608. The van der Waals surface area contributed by atoms with Gasteiger partial charge in [0.1, 0.15) is 23.9 Å². The number of rotatable bonds is 10. The summed E-state index contributed by atoms with van der Waals surface area (Å²) in [5, 5.41) is 21.6. The number of nitrogens with one attached hydrogen (secondary N) is 6. The third-order valence-corrected chi connectivity index (χ3v) is 10.2. The molecule has 13 heteroatoms. The number of para-hydroxylation sites is 1. The fourth-order valence-corrected chi connectivity index (χ4v) is 7.72. The van der Waals surface area contributed by atoms with Gasteiger partial charge in [0.15, 0.2) is 0 Å². The Morgan fingerprint density at radius 3 is 2.65 bits per heavy atom. The van der Waals surface area contributed by atoms with E-state index >= 15 is 0 Å². The highest BCUT2D eigenvalue weighted by atomic mass is 32.1. The SMILES string of the molecule is O=C(Cc1csc2ccccc12)N[C@@H](Cc1ccc(O)cc1)C(=O)N[C@H]1CCc2cccc3c2N(C1=O)[C@H](C(=O)NCC1CNNN1)C3. The molecular formula is C35H37N7O5S. The Bertz CT molecular complexity index is 1860. The van der Waals surface area contributed by atoms with E-state index in [1.165, 1.54) is 12.1 Å². The summed E-state index contributed by atoms with van der Waals surface area (Å²) in [7, 11) is 0. The summed E-state index contributed by atoms with van der Waals surface area (Å²) in [6.07, 6.45) is 1.51. The molecule has 248 valence electrons. The van der Waals surface area contributed by atoms with Crippen molar-refractivity contribution in [3.05, 3.63) is 94.4 Å². The van der Waals surface area contributed by atoms with Gasteiger partial charge in [-0.3, -0.25) is 24.1 Å². The van der Waals surface area contributed by atoms with Crippen LogP contribution in [0.4, 0.5) is 5.69 Å². The lowest BCUT2D eigenvalue weighted by atomic mass is 10.0. The van der Waals surface area contributed by atoms with E-state index in [0.717, 1.165) is 38.0 Å². The molecule has 3 aromatic carbocycles. The summed E-state index contributed by atoms with van der Waals surface area (Å²) >= 11 is 1.56. The molecule has 3 aliphatic rings. The van der Waals surface area contributed by atoms with Crippen LogP contribution in [0.25, 0.3) is 10.1 Å². The van der Waals surface area contributed by atoms with Gasteiger partial charge in [-0.2, -0.15) is 5.53 Å². The summed E-state index contributed by atoms with van der Waals surface area (Å²) in [6, 6.07) is 17.5. The number of hydrogen-bond acceptors (Lipinski definition) is 9. The number of amides is 4. The number of phenols is 1. The summed E-state index contributed by atoms with van der Waals surface area (Å²) in [6.45, 7) is 1.01. The van der Waals surface area contributed by atoms with Crippen LogP contribution < -0.4 is 37.2 Å². The summed E-state index contributed by atoms with van der Waals surface area (Å²) in [5.41, 5.74) is 13.0. The molecule has 1 saturated heterocycles. The molecule has 1 fully saturated rings. The van der Waals surface area contributed by atoms with Gasteiger partial charge in [0.25, 0.3) is 0 Å². The molecule has 1 aromatic heterocycles. The van der Waals surface area contributed by atoms with Gasteiger partial charge >= 0.3 is 0 Å². The molecule has 1 unspecified atom stereocenters. The van der Waals surface area contributed by atoms with Gasteiger partial charge < -0.3 is 21.1 Å². The van der Waals surface area contributed by atoms with Crippen molar-refractivity contribution in [1.82, 2.24) is 32.3 Å². The summed E-state index contributed by atoms with van der Waals surface area (Å²) < 4.78 is 1.08. The smallest absolute Gasteiger partial charge is 0.250 e. The third kappa shape index (κ3) is 6.62. The van der Waals surface area contributed by atoms with Crippen molar-refractivity contribution in [2.24, 2.45) is 0 Å². The van der Waals surface area contributed by atoms with E-state index in [1.807, 2.05) is 47.8 Å². The number of phenolic OH excluding ortho intramolecular Hbond substituents is 1. The number of thiophene rings is 1. The van der Waals surface area contributed by atoms with Crippen molar-refractivity contribution in [3.8, 4) is 5.75 Å². The van der Waals surface area contributed by atoms with Crippen LogP contribution in [0.3, 0.4) is 0 Å². The molecule has 4 heterocycles. The topological polar surface area (TPSA) is 164 Å². The predicted molar refractivity (Wildman–Crippen MR) is 182 cm³/mol. The fraction of sp³-hybridized carbons (Fsp3) is 0.314. The molecule has 4 amide bonds. The Balaban J connectivity index is 1.09. The normalized spacial score (nSPS) is 20.6. The Morgan fingerprint density at radius 2 is 1.83 bits per heavy atom. The Hall–Kier alpha value is -4.82. The largest absolute Gasteiger partial charge is 0.508 e. The number of aryl methyl sites for hydroxylation is 1. The monoisotopic (exact) mass is 667 g/mol. The van der Waals surface area contributed by atoms with Crippen molar-refractivity contribution < 1.29 is 24.3 Å². The van der Waals surface area contributed by atoms with E-state index in [4.69, 9.17) is 0 Å². The minimum Gasteiger partial charge on any atom is -0.508 e. The van der Waals surface area contributed by atoms with Crippen LogP contribution in [0.5, 0.6) is 5.75 Å². The maximum Gasteiger partial charge on any atom is 0.250 e. The highest BCUT2D eigenvalue weighted by Gasteiger charge is 2.44. The number of carbonyl (C=O) groups is 4. The van der Waals surface area contributed by atoms with Crippen LogP contribution in [0, 0.1) is 0 Å². The number of aromatic hydroxyl groups is 1. The average Bonchev–Trinajstić information content (AvgIpc) is 3.83. The molecule has 4 aromatic rings. The fourth-order valence-electron chi connectivity index (χ4n) is 6.76. The van der Waals surface area contributed by atoms with E-state index < -0.39 is 24.0 Å². The molecule has 3 aliphatic heterocycles. The van der Waals surface area contributed by atoms with Crippen LogP contribution in [-0.4, -0.2) is 66.0 Å². The number of hydrazine groups is 2. The van der Waals surface area contributed by atoms with Gasteiger partial charge in [-0.25, -0.2) is 10.9 Å². The second-order valence-electron chi connectivity index (χ2n) is 12.5. The molecule has 0 spiro atoms. The molecule has 12 nitrogen and oxygen atoms in total. The number of hydrogen-bond donors (Lipinski definition) is 7. The van der Waals surface area contributed by atoms with E-state index in [-0.39, 0.29) is 42.4 Å². The molecule has 0 radical (unpaired) electrons. The van der Waals surface area contributed by atoms with Gasteiger partial charge in [-0.05, 0) is 64.1 Å². The van der Waals surface area contributed by atoms with E-state index in [2.05, 4.69) is 32.3 Å². The molecular weight excluding hydrogens is 630 g/mol. The van der Waals surface area contributed by atoms with Crippen molar-refractivity contribution >= 4 is 50.7 Å². The maximum atomic E-state index is 14.2. The first kappa shape index (κ1) is 31.8. The van der Waals surface area contributed by atoms with Gasteiger partial charge in [-0.15, -0.1) is 11.3 Å². The standard InChI is InChI=1S/C35H37N7O5S/c43-25-11-8-20(9-12-25)14-28(38-31(44)16-23-19-48-30-7-2-1-6-26(23)30)33(45)39-27-13-10-21-4-3-5-22-15-29(42(32(21)22)35(27)47)34(46)36-17-24-18-37-41-40-24/h1-9,11-12,19,24,27-29,37,40-41,43H,10,13-18H2,(H,36,46)(H,38,44)(H,39,45)/t24?,27-,28-,29-/m0/s1. The number of carbonyl (C=O) groups excluding carboxylic acids is 4. The average molecular weight is 668 g/mol.